The number of carbonyl (C=O) groups is 2. The van der Waals surface area contributed by atoms with E-state index in [9.17, 15) is 27.9 Å². The molecule has 8 rings (SSSR count). The van der Waals surface area contributed by atoms with Crippen molar-refractivity contribution >= 4 is 28.7 Å². The molecule has 282 valence electrons. The number of anilines is 1. The van der Waals surface area contributed by atoms with Gasteiger partial charge in [-0.25, -0.2) is 19.7 Å². The fourth-order valence-corrected chi connectivity index (χ4v) is 8.99. The molecule has 1 aromatic carbocycles. The van der Waals surface area contributed by atoms with Crippen LogP contribution in [-0.2, 0) is 18.0 Å². The van der Waals surface area contributed by atoms with Crippen LogP contribution in [0, 0.1) is 17.8 Å². The maximum atomic E-state index is 14.8. The van der Waals surface area contributed by atoms with Gasteiger partial charge in [-0.05, 0) is 79.8 Å². The van der Waals surface area contributed by atoms with Crippen LogP contribution in [0.25, 0.3) is 27.8 Å². The van der Waals surface area contributed by atoms with Gasteiger partial charge in [-0.3, -0.25) is 4.79 Å². The van der Waals surface area contributed by atoms with Gasteiger partial charge >= 0.3 is 12.1 Å². The van der Waals surface area contributed by atoms with Crippen LogP contribution < -0.4 is 15.0 Å². The predicted octanol–water partition coefficient (Wildman–Crippen LogP) is 7.29. The summed E-state index contributed by atoms with van der Waals surface area (Å²) in [6, 6.07) is 11.7. The molecule has 0 radical (unpaired) electrons. The summed E-state index contributed by atoms with van der Waals surface area (Å²) in [6.45, 7) is 3.53. The number of carboxylic acids is 1. The van der Waals surface area contributed by atoms with Crippen LogP contribution in [0.4, 0.5) is 19.1 Å². The maximum absolute atomic E-state index is 14.8. The van der Waals surface area contributed by atoms with Crippen molar-refractivity contribution in [2.45, 2.75) is 69.7 Å². The number of hydrogen-bond acceptors (Lipinski definition) is 7. The molecule has 2 saturated carbocycles. The molecular weight excluding hydrogens is 699 g/mol. The number of carbonyl (C=O) groups excluding carboxylic acids is 1. The standard InChI is InChI=1S/C40H42F3N7O4/c1-3-24-17-25-19-26(18-24)39(21-25,37(52)53)47-36(51)31-7-8-33(46-35(31)40(41,42)43)32-23-50(27-9-14-48(2)22-27)34-20-29(5-6-30(32)34)54-28-10-15-49(16-11-28)38-44-12-4-13-45-38/h4-9,12-14,20,22-26,28H,3,10-11,15-19,21H2,1-2H3,(H,47,51)(H,52,53). The number of rotatable bonds is 9. The van der Waals surface area contributed by atoms with Crippen molar-refractivity contribution in [3.8, 4) is 22.7 Å². The molecule has 4 atom stereocenters. The first kappa shape index (κ1) is 35.6. The molecule has 4 unspecified atom stereocenters. The molecule has 11 nitrogen and oxygen atoms in total. The number of benzene rings is 1. The topological polar surface area (TPSA) is 127 Å². The second kappa shape index (κ2) is 13.8. The molecule has 3 fully saturated rings. The van der Waals surface area contributed by atoms with Crippen LogP contribution >= 0.6 is 0 Å². The zero-order valence-corrected chi connectivity index (χ0v) is 30.1. The Morgan fingerprint density at radius 3 is 2.50 bits per heavy atom. The molecule has 2 aliphatic carbocycles. The van der Waals surface area contributed by atoms with Crippen molar-refractivity contribution in [2.75, 3.05) is 18.0 Å². The third-order valence-corrected chi connectivity index (χ3v) is 11.6. The third kappa shape index (κ3) is 6.55. The van der Waals surface area contributed by atoms with Gasteiger partial charge in [0.1, 0.15) is 17.4 Å². The quantitative estimate of drug-likeness (QED) is 0.161. The van der Waals surface area contributed by atoms with Crippen LogP contribution in [0.5, 0.6) is 5.75 Å². The third-order valence-electron chi connectivity index (χ3n) is 11.6. The van der Waals surface area contributed by atoms with E-state index in [1.807, 2.05) is 52.8 Å². The lowest BCUT2D eigenvalue weighted by Crippen LogP contribution is -2.57. The summed E-state index contributed by atoms with van der Waals surface area (Å²) in [6.07, 6.45) is 8.65. The molecule has 14 heteroatoms. The number of alkyl halides is 3. The van der Waals surface area contributed by atoms with Gasteiger partial charge in [0, 0.05) is 81.0 Å². The zero-order valence-electron chi connectivity index (χ0n) is 30.1. The number of aryl methyl sites for hydroxylation is 1. The van der Waals surface area contributed by atoms with E-state index >= 15 is 0 Å². The lowest BCUT2D eigenvalue weighted by molar-refractivity contribution is -0.146. The highest BCUT2D eigenvalue weighted by Crippen LogP contribution is 2.51. The molecule has 2 bridgehead atoms. The van der Waals surface area contributed by atoms with Gasteiger partial charge in [-0.15, -0.1) is 0 Å². The first-order valence-electron chi connectivity index (χ1n) is 18.5. The van der Waals surface area contributed by atoms with E-state index in [1.165, 1.54) is 6.07 Å². The molecule has 1 amide bonds. The highest BCUT2D eigenvalue weighted by molar-refractivity contribution is 6.01. The van der Waals surface area contributed by atoms with Gasteiger partial charge < -0.3 is 29.2 Å². The van der Waals surface area contributed by atoms with E-state index in [2.05, 4.69) is 32.1 Å². The van der Waals surface area contributed by atoms with Gasteiger partial charge in [0.25, 0.3) is 5.91 Å². The Kier molecular flexibility index (Phi) is 9.09. The predicted molar refractivity (Wildman–Crippen MR) is 195 cm³/mol. The summed E-state index contributed by atoms with van der Waals surface area (Å²) in [7, 11) is 1.88. The van der Waals surface area contributed by atoms with Gasteiger partial charge in [0.15, 0.2) is 5.69 Å². The molecule has 0 spiro atoms. The Balaban J connectivity index is 1.11. The Labute approximate surface area is 310 Å². The summed E-state index contributed by atoms with van der Waals surface area (Å²) in [4.78, 5) is 41.3. The number of nitrogens with zero attached hydrogens (tertiary/aromatic N) is 6. The number of nitrogens with one attached hydrogen (secondary N) is 1. The van der Waals surface area contributed by atoms with Crippen molar-refractivity contribution in [1.82, 2.24) is 29.4 Å². The molecule has 2 N–H and O–H groups in total. The number of aliphatic carboxylic acids is 1. The van der Waals surface area contributed by atoms with E-state index in [0.29, 0.717) is 46.9 Å². The molecule has 3 aliphatic rings. The Morgan fingerprint density at radius 2 is 1.81 bits per heavy atom. The van der Waals surface area contributed by atoms with E-state index in [0.717, 1.165) is 50.5 Å². The monoisotopic (exact) mass is 741 g/mol. The van der Waals surface area contributed by atoms with Gasteiger partial charge in [-0.1, -0.05) is 13.3 Å². The minimum absolute atomic E-state index is 0.0261. The smallest absolute Gasteiger partial charge is 0.434 e. The van der Waals surface area contributed by atoms with Crippen molar-refractivity contribution in [2.24, 2.45) is 24.8 Å². The Hall–Kier alpha value is -5.40. The normalized spacial score (nSPS) is 23.1. The Bertz CT molecular complexity index is 2190. The molecule has 1 aliphatic heterocycles. The van der Waals surface area contributed by atoms with Crippen LogP contribution in [0.2, 0.25) is 0 Å². The number of ether oxygens (including phenoxy) is 1. The molecule has 54 heavy (non-hydrogen) atoms. The lowest BCUT2D eigenvalue weighted by Gasteiger charge is -2.34. The van der Waals surface area contributed by atoms with Crippen molar-refractivity contribution in [1.29, 1.82) is 0 Å². The number of carboxylic acid groups (broad SMARTS) is 1. The van der Waals surface area contributed by atoms with E-state index in [-0.39, 0.29) is 30.1 Å². The first-order chi connectivity index (χ1) is 25.9. The summed E-state index contributed by atoms with van der Waals surface area (Å²) in [5, 5.41) is 13.6. The number of pyridine rings is 1. The zero-order chi connectivity index (χ0) is 37.8. The van der Waals surface area contributed by atoms with Crippen LogP contribution in [0.15, 0.2) is 73.4 Å². The number of halogens is 3. The fraction of sp³-hybridized carbons (Fsp3) is 0.425. The van der Waals surface area contributed by atoms with Crippen molar-refractivity contribution in [3.63, 3.8) is 0 Å². The van der Waals surface area contributed by atoms with E-state index < -0.39 is 34.8 Å². The first-order valence-corrected chi connectivity index (χ1v) is 18.5. The number of amides is 1. The number of fused-ring (bicyclic) bond motifs is 3. The number of piperidine rings is 1. The van der Waals surface area contributed by atoms with E-state index in [4.69, 9.17) is 4.74 Å². The second-order valence-corrected chi connectivity index (χ2v) is 15.0. The maximum Gasteiger partial charge on any atom is 0.434 e. The van der Waals surface area contributed by atoms with Crippen molar-refractivity contribution < 1.29 is 32.6 Å². The Morgan fingerprint density at radius 1 is 1.04 bits per heavy atom. The van der Waals surface area contributed by atoms with Crippen molar-refractivity contribution in [3.05, 3.63) is 84.7 Å². The molecule has 5 heterocycles. The highest BCUT2D eigenvalue weighted by Gasteiger charge is 2.57. The summed E-state index contributed by atoms with van der Waals surface area (Å²) >= 11 is 0. The number of hydrogen-bond donors (Lipinski definition) is 2. The van der Waals surface area contributed by atoms with Crippen LogP contribution in [0.1, 0.15) is 67.9 Å². The summed E-state index contributed by atoms with van der Waals surface area (Å²) in [5.41, 5.74) is -1.72. The highest BCUT2D eigenvalue weighted by atomic mass is 19.4. The SMILES string of the molecule is CCC1CC2CC(C1)C(NC(=O)c1ccc(-c3cn(-c4ccn(C)c4)c4cc(OC5CCN(c6ncccn6)CC5)ccc34)nc1C(F)(F)F)(C(=O)O)C2. The number of aromatic nitrogens is 5. The minimum atomic E-state index is -4.99. The average Bonchev–Trinajstić information content (AvgIpc) is 3.84. The molecule has 5 aromatic rings. The lowest BCUT2D eigenvalue weighted by atomic mass is 9.76. The molecular formula is C40H42F3N7O4. The largest absolute Gasteiger partial charge is 0.490 e. The second-order valence-electron chi connectivity index (χ2n) is 15.0. The average molecular weight is 742 g/mol. The van der Waals surface area contributed by atoms with Gasteiger partial charge in [0.05, 0.1) is 22.5 Å². The van der Waals surface area contributed by atoms with E-state index in [1.54, 1.807) is 24.7 Å². The fourth-order valence-electron chi connectivity index (χ4n) is 8.99. The summed E-state index contributed by atoms with van der Waals surface area (Å²) < 4.78 is 54.5. The summed E-state index contributed by atoms with van der Waals surface area (Å²) in [5.74, 6) is -0.895. The van der Waals surface area contributed by atoms with Gasteiger partial charge in [-0.2, -0.15) is 13.2 Å². The van der Waals surface area contributed by atoms with Crippen LogP contribution in [-0.4, -0.2) is 65.8 Å². The minimum Gasteiger partial charge on any atom is -0.490 e. The molecule has 4 aromatic heterocycles. The van der Waals surface area contributed by atoms with Gasteiger partial charge in [0.2, 0.25) is 5.95 Å². The molecule has 1 saturated heterocycles. The van der Waals surface area contributed by atoms with Crippen LogP contribution in [0.3, 0.4) is 0 Å².